The van der Waals surface area contributed by atoms with Crippen molar-refractivity contribution in [3.8, 4) is 0 Å². The number of carbonyl (C=O) groups is 1. The minimum atomic E-state index is -0.476. The van der Waals surface area contributed by atoms with Gasteiger partial charge < -0.3 is 15.8 Å². The second-order valence-electron chi connectivity index (χ2n) is 4.49. The van der Waals surface area contributed by atoms with Gasteiger partial charge in [0.1, 0.15) is 10.6 Å². The SMILES string of the molecule is COC(=O)c1c(N)nsc1NC(C)c1ccccc1C. The molecule has 2 aromatic rings. The van der Waals surface area contributed by atoms with E-state index in [4.69, 9.17) is 10.5 Å². The standard InChI is InChI=1S/C14H17N3O2S/c1-8-6-4-5-7-10(8)9(2)16-13-11(14(18)19-3)12(15)17-20-13/h4-7,9,16H,1-3H3,(H2,15,17). The molecule has 0 radical (unpaired) electrons. The minimum absolute atomic E-state index is 0.0412. The predicted octanol–water partition coefficient (Wildman–Crippen LogP) is 2.99. The van der Waals surface area contributed by atoms with Crippen molar-refractivity contribution in [3.05, 3.63) is 41.0 Å². The van der Waals surface area contributed by atoms with Gasteiger partial charge in [0.2, 0.25) is 0 Å². The number of aryl methyl sites for hydroxylation is 1. The molecule has 0 bridgehead atoms. The summed E-state index contributed by atoms with van der Waals surface area (Å²) in [7, 11) is 1.33. The third kappa shape index (κ3) is 2.75. The van der Waals surface area contributed by atoms with Crippen LogP contribution in [0.25, 0.3) is 0 Å². The average molecular weight is 291 g/mol. The minimum Gasteiger partial charge on any atom is -0.465 e. The van der Waals surface area contributed by atoms with Gasteiger partial charge in [-0.05, 0) is 36.5 Å². The Hall–Kier alpha value is -2.08. The molecule has 0 aliphatic heterocycles. The summed E-state index contributed by atoms with van der Waals surface area (Å²) < 4.78 is 8.75. The maximum atomic E-state index is 11.7. The van der Waals surface area contributed by atoms with Crippen molar-refractivity contribution >= 4 is 28.3 Å². The van der Waals surface area contributed by atoms with Crippen LogP contribution in [0.3, 0.4) is 0 Å². The quantitative estimate of drug-likeness (QED) is 0.847. The average Bonchev–Trinajstić information content (AvgIpc) is 2.79. The number of esters is 1. The van der Waals surface area contributed by atoms with Crippen molar-refractivity contribution in [2.75, 3.05) is 18.2 Å². The van der Waals surface area contributed by atoms with Crippen LogP contribution in [0.5, 0.6) is 0 Å². The zero-order valence-electron chi connectivity index (χ0n) is 11.6. The van der Waals surface area contributed by atoms with Crippen molar-refractivity contribution in [1.82, 2.24) is 4.37 Å². The van der Waals surface area contributed by atoms with E-state index >= 15 is 0 Å². The van der Waals surface area contributed by atoms with Gasteiger partial charge in [0.25, 0.3) is 0 Å². The number of nitrogens with one attached hydrogen (secondary N) is 1. The van der Waals surface area contributed by atoms with Crippen molar-refractivity contribution in [2.45, 2.75) is 19.9 Å². The molecule has 3 N–H and O–H groups in total. The van der Waals surface area contributed by atoms with Gasteiger partial charge in [-0.25, -0.2) is 4.79 Å². The normalized spacial score (nSPS) is 11.9. The zero-order chi connectivity index (χ0) is 14.7. The topological polar surface area (TPSA) is 77.2 Å². The van der Waals surface area contributed by atoms with Crippen LogP contribution in [0.2, 0.25) is 0 Å². The van der Waals surface area contributed by atoms with Crippen LogP contribution in [0.1, 0.15) is 34.5 Å². The highest BCUT2D eigenvalue weighted by Crippen LogP contribution is 2.31. The largest absolute Gasteiger partial charge is 0.465 e. The monoisotopic (exact) mass is 291 g/mol. The molecule has 106 valence electrons. The molecule has 0 amide bonds. The first-order valence-corrected chi connectivity index (χ1v) is 6.97. The Kier molecular flexibility index (Phi) is 4.24. The molecule has 0 fully saturated rings. The zero-order valence-corrected chi connectivity index (χ0v) is 12.5. The van der Waals surface area contributed by atoms with Gasteiger partial charge in [-0.15, -0.1) is 0 Å². The molecule has 0 spiro atoms. The fourth-order valence-corrected chi connectivity index (χ4v) is 2.84. The molecule has 0 saturated heterocycles. The third-order valence-corrected chi connectivity index (χ3v) is 3.90. The highest BCUT2D eigenvalue weighted by molar-refractivity contribution is 7.11. The number of hydrogen-bond acceptors (Lipinski definition) is 6. The summed E-state index contributed by atoms with van der Waals surface area (Å²) in [4.78, 5) is 11.7. The van der Waals surface area contributed by atoms with Crippen LogP contribution in [-0.4, -0.2) is 17.5 Å². The second kappa shape index (κ2) is 5.92. The Bertz CT molecular complexity index is 625. The molecule has 1 unspecified atom stereocenters. The van der Waals surface area contributed by atoms with Gasteiger partial charge in [0.15, 0.2) is 5.82 Å². The second-order valence-corrected chi connectivity index (χ2v) is 5.26. The Morgan fingerprint density at radius 1 is 1.45 bits per heavy atom. The van der Waals surface area contributed by atoms with Gasteiger partial charge in [-0.2, -0.15) is 4.37 Å². The highest BCUT2D eigenvalue weighted by Gasteiger charge is 2.21. The first-order chi connectivity index (χ1) is 9.54. The number of rotatable bonds is 4. The molecule has 0 saturated carbocycles. The summed E-state index contributed by atoms with van der Waals surface area (Å²) in [5.74, 6) is -0.280. The van der Waals surface area contributed by atoms with E-state index in [1.165, 1.54) is 12.7 Å². The van der Waals surface area contributed by atoms with Gasteiger partial charge >= 0.3 is 5.97 Å². The number of methoxy groups -OCH3 is 1. The predicted molar refractivity (Wildman–Crippen MR) is 81.1 cm³/mol. The van der Waals surface area contributed by atoms with E-state index in [1.807, 2.05) is 19.1 Å². The highest BCUT2D eigenvalue weighted by atomic mass is 32.1. The molecule has 1 aromatic carbocycles. The lowest BCUT2D eigenvalue weighted by Crippen LogP contribution is -2.11. The smallest absolute Gasteiger partial charge is 0.344 e. The number of benzene rings is 1. The Morgan fingerprint density at radius 3 is 2.80 bits per heavy atom. The molecule has 0 aliphatic rings. The van der Waals surface area contributed by atoms with Gasteiger partial charge in [-0.3, -0.25) is 0 Å². The van der Waals surface area contributed by atoms with Crippen LogP contribution >= 0.6 is 11.5 Å². The maximum Gasteiger partial charge on any atom is 0.344 e. The number of aromatic nitrogens is 1. The number of hydrogen-bond donors (Lipinski definition) is 2. The lowest BCUT2D eigenvalue weighted by molar-refractivity contribution is 0.0603. The summed E-state index contributed by atoms with van der Waals surface area (Å²) in [5, 5.41) is 3.91. The van der Waals surface area contributed by atoms with Crippen LogP contribution in [0, 0.1) is 6.92 Å². The molecule has 5 nitrogen and oxygen atoms in total. The van der Waals surface area contributed by atoms with Gasteiger partial charge in [0, 0.05) is 6.04 Å². The van der Waals surface area contributed by atoms with Gasteiger partial charge in [0.05, 0.1) is 7.11 Å². The number of nitrogen functional groups attached to an aromatic ring is 1. The van der Waals surface area contributed by atoms with Crippen molar-refractivity contribution in [2.24, 2.45) is 0 Å². The number of carbonyl (C=O) groups excluding carboxylic acids is 1. The summed E-state index contributed by atoms with van der Waals surface area (Å²) in [6, 6.07) is 8.13. The molecule has 1 atom stereocenters. The van der Waals surface area contributed by atoms with E-state index in [1.54, 1.807) is 0 Å². The fourth-order valence-electron chi connectivity index (χ4n) is 2.05. The van der Waals surface area contributed by atoms with Crippen molar-refractivity contribution in [3.63, 3.8) is 0 Å². The number of anilines is 2. The summed E-state index contributed by atoms with van der Waals surface area (Å²) >= 11 is 1.16. The van der Waals surface area contributed by atoms with Crippen molar-refractivity contribution in [1.29, 1.82) is 0 Å². The molecular weight excluding hydrogens is 274 g/mol. The summed E-state index contributed by atoms with van der Waals surface area (Å²) in [6.07, 6.45) is 0. The molecule has 6 heteroatoms. The molecule has 2 rings (SSSR count). The van der Waals surface area contributed by atoms with Crippen LogP contribution < -0.4 is 11.1 Å². The van der Waals surface area contributed by atoms with Crippen molar-refractivity contribution < 1.29 is 9.53 Å². The number of nitrogens with two attached hydrogens (primary N) is 1. The maximum absolute atomic E-state index is 11.7. The lowest BCUT2D eigenvalue weighted by Gasteiger charge is -2.17. The molecule has 0 aliphatic carbocycles. The fraction of sp³-hybridized carbons (Fsp3) is 0.286. The number of nitrogens with zero attached hydrogens (tertiary/aromatic N) is 1. The van der Waals surface area contributed by atoms with Crippen LogP contribution in [0.15, 0.2) is 24.3 Å². The van der Waals surface area contributed by atoms with E-state index < -0.39 is 5.97 Å². The first kappa shape index (κ1) is 14.3. The van der Waals surface area contributed by atoms with E-state index in [-0.39, 0.29) is 11.9 Å². The van der Waals surface area contributed by atoms with Gasteiger partial charge in [-0.1, -0.05) is 24.3 Å². The lowest BCUT2D eigenvalue weighted by atomic mass is 10.0. The molecule has 1 aromatic heterocycles. The van der Waals surface area contributed by atoms with E-state index in [0.29, 0.717) is 10.6 Å². The molecule has 20 heavy (non-hydrogen) atoms. The van der Waals surface area contributed by atoms with E-state index in [9.17, 15) is 4.79 Å². The Labute approximate surface area is 121 Å². The van der Waals surface area contributed by atoms with E-state index in [0.717, 1.165) is 17.1 Å². The molecular formula is C14H17N3O2S. The van der Waals surface area contributed by atoms with Crippen LogP contribution in [0.4, 0.5) is 10.8 Å². The number of ether oxygens (including phenoxy) is 1. The van der Waals surface area contributed by atoms with Crippen LogP contribution in [-0.2, 0) is 4.74 Å². The summed E-state index contributed by atoms with van der Waals surface area (Å²) in [6.45, 7) is 4.08. The third-order valence-electron chi connectivity index (χ3n) is 3.11. The Balaban J connectivity index is 2.27. The Morgan fingerprint density at radius 2 is 2.15 bits per heavy atom. The van der Waals surface area contributed by atoms with E-state index in [2.05, 4.69) is 28.7 Å². The molecule has 1 heterocycles. The summed E-state index contributed by atoms with van der Waals surface area (Å²) in [5.41, 5.74) is 8.37. The first-order valence-electron chi connectivity index (χ1n) is 6.20.